The number of thiophene rings is 1. The summed E-state index contributed by atoms with van der Waals surface area (Å²) in [4.78, 5) is 0.789. The summed E-state index contributed by atoms with van der Waals surface area (Å²) in [6, 6.07) is 6.11. The molecule has 2 aromatic rings. The summed E-state index contributed by atoms with van der Waals surface area (Å²) in [5, 5.41) is 0. The van der Waals surface area contributed by atoms with E-state index in [4.69, 9.17) is 17.3 Å². The van der Waals surface area contributed by atoms with E-state index >= 15 is 0 Å². The second kappa shape index (κ2) is 5.44. The van der Waals surface area contributed by atoms with Crippen LogP contribution in [-0.4, -0.2) is 0 Å². The molecule has 2 N–H and O–H groups in total. The molecule has 0 radical (unpaired) electrons. The number of hydrogen-bond acceptors (Lipinski definition) is 2. The van der Waals surface area contributed by atoms with Crippen molar-refractivity contribution in [2.45, 2.75) is 12.2 Å². The monoisotopic (exact) mass is 369 g/mol. The van der Waals surface area contributed by atoms with Crippen molar-refractivity contribution in [3.05, 3.63) is 55.1 Å². The van der Waals surface area contributed by atoms with Crippen LogP contribution < -0.4 is 5.73 Å². The summed E-state index contributed by atoms with van der Waals surface area (Å²) in [6.07, 6.45) is -4.34. The first-order valence-electron chi connectivity index (χ1n) is 5.16. The van der Waals surface area contributed by atoms with E-state index in [1.165, 1.54) is 23.5 Å². The lowest BCUT2D eigenvalue weighted by atomic mass is 10.0. The van der Waals surface area contributed by atoms with Gasteiger partial charge in [0.05, 0.1) is 11.6 Å². The highest BCUT2D eigenvalue weighted by molar-refractivity contribution is 9.10. The topological polar surface area (TPSA) is 26.0 Å². The van der Waals surface area contributed by atoms with E-state index < -0.39 is 17.8 Å². The van der Waals surface area contributed by atoms with E-state index in [2.05, 4.69) is 15.9 Å². The maximum absolute atomic E-state index is 12.4. The minimum atomic E-state index is -4.34. The van der Waals surface area contributed by atoms with E-state index in [9.17, 15) is 13.2 Å². The predicted octanol–water partition coefficient (Wildman–Crippen LogP) is 5.23. The maximum atomic E-state index is 12.4. The fourth-order valence-corrected chi connectivity index (χ4v) is 3.33. The van der Waals surface area contributed by atoms with E-state index in [0.717, 1.165) is 21.5 Å². The lowest BCUT2D eigenvalue weighted by Gasteiger charge is -2.12. The molecule has 0 aliphatic rings. The average molecular weight is 371 g/mol. The molecule has 1 nitrogen and oxygen atoms in total. The van der Waals surface area contributed by atoms with Crippen molar-refractivity contribution in [1.82, 2.24) is 0 Å². The zero-order valence-electron chi connectivity index (χ0n) is 9.34. The first kappa shape index (κ1) is 14.8. The smallest absolute Gasteiger partial charge is 0.320 e. The van der Waals surface area contributed by atoms with Gasteiger partial charge in [-0.1, -0.05) is 23.7 Å². The molecule has 7 heteroatoms. The molecule has 0 aliphatic heterocycles. The van der Waals surface area contributed by atoms with Gasteiger partial charge in [0.25, 0.3) is 0 Å². The molecule has 102 valence electrons. The molecule has 2 rings (SSSR count). The normalized spacial score (nSPS) is 13.6. The van der Waals surface area contributed by atoms with Gasteiger partial charge in [-0.25, -0.2) is 0 Å². The summed E-state index contributed by atoms with van der Waals surface area (Å²) < 4.78 is 38.6. The lowest BCUT2D eigenvalue weighted by molar-refractivity contribution is -0.137. The molecule has 0 bridgehead atoms. The van der Waals surface area contributed by atoms with Crippen LogP contribution in [0.25, 0.3) is 0 Å². The molecule has 0 saturated carbocycles. The molecule has 1 heterocycles. The third-order valence-electron chi connectivity index (χ3n) is 2.57. The number of rotatable bonds is 2. The molecular weight excluding hydrogens is 363 g/mol. The van der Waals surface area contributed by atoms with Crippen LogP contribution in [0.3, 0.4) is 0 Å². The van der Waals surface area contributed by atoms with Gasteiger partial charge in [0.1, 0.15) is 4.34 Å². The number of hydrogen-bond donors (Lipinski definition) is 1. The molecule has 0 aliphatic carbocycles. The van der Waals surface area contributed by atoms with Gasteiger partial charge in [-0.15, -0.1) is 11.3 Å². The summed E-state index contributed by atoms with van der Waals surface area (Å²) >= 11 is 10.5. The second-order valence-corrected chi connectivity index (χ2v) is 6.41. The van der Waals surface area contributed by atoms with E-state index in [0.29, 0.717) is 9.90 Å². The number of alkyl halides is 3. The molecule has 0 fully saturated rings. The summed E-state index contributed by atoms with van der Waals surface area (Å²) in [7, 11) is 0. The minimum Gasteiger partial charge on any atom is -0.320 e. The van der Waals surface area contributed by atoms with Crippen LogP contribution in [0.4, 0.5) is 13.2 Å². The van der Waals surface area contributed by atoms with Crippen molar-refractivity contribution in [2.24, 2.45) is 5.73 Å². The fraction of sp³-hybridized carbons (Fsp3) is 0.167. The zero-order chi connectivity index (χ0) is 14.2. The minimum absolute atomic E-state index is 0.490. The van der Waals surface area contributed by atoms with Gasteiger partial charge in [-0.2, -0.15) is 13.2 Å². The summed E-state index contributed by atoms with van der Waals surface area (Å²) in [6.45, 7) is 0. The Hall–Kier alpha value is -0.560. The quantitative estimate of drug-likeness (QED) is 0.769. The molecule has 0 amide bonds. The van der Waals surface area contributed by atoms with Gasteiger partial charge in [0, 0.05) is 9.35 Å². The van der Waals surface area contributed by atoms with Crippen LogP contribution in [0.15, 0.2) is 34.8 Å². The molecule has 19 heavy (non-hydrogen) atoms. The van der Waals surface area contributed by atoms with Crippen molar-refractivity contribution in [2.75, 3.05) is 0 Å². The Balaban J connectivity index is 2.27. The highest BCUT2D eigenvalue weighted by atomic mass is 79.9. The molecule has 1 aromatic carbocycles. The van der Waals surface area contributed by atoms with Crippen molar-refractivity contribution in [3.8, 4) is 0 Å². The van der Waals surface area contributed by atoms with E-state index in [1.54, 1.807) is 6.07 Å². The SMILES string of the molecule is NC(c1ccc(C(F)(F)F)cc1)c1cc(Br)c(Cl)s1. The van der Waals surface area contributed by atoms with Crippen LogP contribution in [0.5, 0.6) is 0 Å². The van der Waals surface area contributed by atoms with E-state index in [-0.39, 0.29) is 0 Å². The second-order valence-electron chi connectivity index (χ2n) is 3.87. The Labute approximate surface area is 125 Å². The average Bonchev–Trinajstić information content (AvgIpc) is 2.68. The first-order chi connectivity index (χ1) is 8.79. The largest absolute Gasteiger partial charge is 0.416 e. The molecule has 1 atom stereocenters. The van der Waals surface area contributed by atoms with Gasteiger partial charge < -0.3 is 5.73 Å². The van der Waals surface area contributed by atoms with Crippen molar-refractivity contribution in [3.63, 3.8) is 0 Å². The van der Waals surface area contributed by atoms with Crippen LogP contribution in [0.1, 0.15) is 22.0 Å². The Bertz CT molecular complexity index is 560. The molecule has 1 aromatic heterocycles. The highest BCUT2D eigenvalue weighted by Gasteiger charge is 2.30. The van der Waals surface area contributed by atoms with Gasteiger partial charge >= 0.3 is 6.18 Å². The maximum Gasteiger partial charge on any atom is 0.416 e. The third-order valence-corrected chi connectivity index (χ3v) is 5.13. The molecule has 0 saturated heterocycles. The standard InChI is InChI=1S/C12H8BrClF3NS/c13-8-5-9(19-11(8)14)10(18)6-1-3-7(4-2-6)12(15,16)17/h1-5,10H,18H2. The number of halogens is 5. The number of nitrogens with two attached hydrogens (primary N) is 1. The van der Waals surface area contributed by atoms with Crippen molar-refractivity contribution in [1.29, 1.82) is 0 Å². The van der Waals surface area contributed by atoms with Gasteiger partial charge in [0.15, 0.2) is 0 Å². The van der Waals surface area contributed by atoms with Crippen LogP contribution in [-0.2, 0) is 6.18 Å². The molecular formula is C12H8BrClF3NS. The summed E-state index contributed by atoms with van der Waals surface area (Å²) in [5.74, 6) is 0. The molecule has 0 spiro atoms. The Morgan fingerprint density at radius 1 is 1.21 bits per heavy atom. The lowest BCUT2D eigenvalue weighted by Crippen LogP contribution is -2.11. The Morgan fingerprint density at radius 2 is 1.79 bits per heavy atom. The third kappa shape index (κ3) is 3.31. The first-order valence-corrected chi connectivity index (χ1v) is 7.15. The van der Waals surface area contributed by atoms with Crippen LogP contribution in [0, 0.1) is 0 Å². The molecule has 1 unspecified atom stereocenters. The van der Waals surface area contributed by atoms with Gasteiger partial charge in [0.2, 0.25) is 0 Å². The van der Waals surface area contributed by atoms with Gasteiger partial charge in [-0.3, -0.25) is 0 Å². The van der Waals surface area contributed by atoms with Crippen LogP contribution >= 0.6 is 38.9 Å². The van der Waals surface area contributed by atoms with Crippen molar-refractivity contribution < 1.29 is 13.2 Å². The summed E-state index contributed by atoms with van der Waals surface area (Å²) in [5.41, 5.74) is 5.93. The van der Waals surface area contributed by atoms with Crippen molar-refractivity contribution >= 4 is 38.9 Å². The Kier molecular flexibility index (Phi) is 4.25. The zero-order valence-corrected chi connectivity index (χ0v) is 12.5. The highest BCUT2D eigenvalue weighted by Crippen LogP contribution is 2.37. The Morgan fingerprint density at radius 3 is 2.21 bits per heavy atom. The fourth-order valence-electron chi connectivity index (χ4n) is 1.56. The predicted molar refractivity (Wildman–Crippen MR) is 74.5 cm³/mol. The van der Waals surface area contributed by atoms with Crippen LogP contribution in [0.2, 0.25) is 4.34 Å². The van der Waals surface area contributed by atoms with Gasteiger partial charge in [-0.05, 0) is 39.7 Å². The van der Waals surface area contributed by atoms with E-state index in [1.807, 2.05) is 0 Å². The number of benzene rings is 1.